The van der Waals surface area contributed by atoms with Crippen LogP contribution in [0.5, 0.6) is 0 Å². The van der Waals surface area contributed by atoms with E-state index in [9.17, 15) is 9.59 Å². The van der Waals surface area contributed by atoms with Crippen LogP contribution in [0.25, 0.3) is 10.7 Å². The van der Waals surface area contributed by atoms with Crippen molar-refractivity contribution in [2.45, 2.75) is 13.5 Å². The molecule has 0 amide bonds. The van der Waals surface area contributed by atoms with Crippen molar-refractivity contribution in [3.05, 3.63) is 35.6 Å². The molecule has 0 aromatic carbocycles. The van der Waals surface area contributed by atoms with Crippen molar-refractivity contribution in [2.75, 3.05) is 6.61 Å². The standard InChI is InChI=1S/C13H12N2O5S/c1-2-18-11(16)5-6-12(17)19-8-10-14-13(15-20-10)9-4-3-7-21-9/h3-7H,2,8H2,1H3/b6-5+. The molecule has 2 aromatic rings. The van der Waals surface area contributed by atoms with Crippen molar-refractivity contribution in [1.29, 1.82) is 0 Å². The third kappa shape index (κ3) is 4.53. The van der Waals surface area contributed by atoms with Gasteiger partial charge in [0.25, 0.3) is 5.89 Å². The highest BCUT2D eigenvalue weighted by atomic mass is 32.1. The maximum absolute atomic E-state index is 11.4. The van der Waals surface area contributed by atoms with E-state index in [1.807, 2.05) is 17.5 Å². The number of hydrogen-bond acceptors (Lipinski definition) is 8. The van der Waals surface area contributed by atoms with Gasteiger partial charge in [-0.1, -0.05) is 11.2 Å². The van der Waals surface area contributed by atoms with E-state index in [0.717, 1.165) is 17.0 Å². The van der Waals surface area contributed by atoms with Crippen molar-refractivity contribution in [3.8, 4) is 10.7 Å². The van der Waals surface area contributed by atoms with Crippen molar-refractivity contribution in [3.63, 3.8) is 0 Å². The second-order valence-electron chi connectivity index (χ2n) is 3.68. The molecule has 0 aliphatic carbocycles. The van der Waals surface area contributed by atoms with Gasteiger partial charge in [0, 0.05) is 12.2 Å². The molecule has 8 heteroatoms. The monoisotopic (exact) mass is 308 g/mol. The minimum atomic E-state index is -0.695. The number of aromatic nitrogens is 2. The topological polar surface area (TPSA) is 91.5 Å². The number of carbonyl (C=O) groups is 2. The summed E-state index contributed by atoms with van der Waals surface area (Å²) in [5.41, 5.74) is 0. The number of nitrogens with zero attached hydrogens (tertiary/aromatic N) is 2. The van der Waals surface area contributed by atoms with Crippen molar-refractivity contribution < 1.29 is 23.6 Å². The van der Waals surface area contributed by atoms with Gasteiger partial charge in [0.1, 0.15) is 0 Å². The lowest BCUT2D eigenvalue weighted by molar-refractivity contribution is -0.141. The highest BCUT2D eigenvalue weighted by Gasteiger charge is 2.10. The van der Waals surface area contributed by atoms with Crippen molar-refractivity contribution in [1.82, 2.24) is 10.1 Å². The van der Waals surface area contributed by atoms with Crippen LogP contribution >= 0.6 is 11.3 Å². The second-order valence-corrected chi connectivity index (χ2v) is 4.63. The van der Waals surface area contributed by atoms with Crippen LogP contribution < -0.4 is 0 Å². The number of thiophene rings is 1. The number of hydrogen-bond donors (Lipinski definition) is 0. The Morgan fingerprint density at radius 3 is 2.76 bits per heavy atom. The Morgan fingerprint density at radius 1 is 1.33 bits per heavy atom. The van der Waals surface area contributed by atoms with Gasteiger partial charge in [-0.2, -0.15) is 4.98 Å². The fourth-order valence-electron chi connectivity index (χ4n) is 1.33. The number of esters is 2. The van der Waals surface area contributed by atoms with Gasteiger partial charge in [0.05, 0.1) is 11.5 Å². The van der Waals surface area contributed by atoms with Crippen LogP contribution in [-0.4, -0.2) is 28.7 Å². The maximum Gasteiger partial charge on any atom is 0.331 e. The van der Waals surface area contributed by atoms with E-state index in [1.54, 1.807) is 6.92 Å². The molecule has 2 aromatic heterocycles. The summed E-state index contributed by atoms with van der Waals surface area (Å²) < 4.78 is 14.4. The summed E-state index contributed by atoms with van der Waals surface area (Å²) in [7, 11) is 0. The Morgan fingerprint density at radius 2 is 2.10 bits per heavy atom. The first-order valence-electron chi connectivity index (χ1n) is 6.07. The Balaban J connectivity index is 1.83. The molecule has 21 heavy (non-hydrogen) atoms. The summed E-state index contributed by atoms with van der Waals surface area (Å²) in [5, 5.41) is 5.67. The summed E-state index contributed by atoms with van der Waals surface area (Å²) in [6.07, 6.45) is 1.98. The number of carbonyl (C=O) groups excluding carboxylic acids is 2. The van der Waals surface area contributed by atoms with Crippen LogP contribution in [0.1, 0.15) is 12.8 Å². The molecule has 0 saturated carbocycles. The quantitative estimate of drug-likeness (QED) is 0.595. The van der Waals surface area contributed by atoms with Crippen LogP contribution in [0.15, 0.2) is 34.2 Å². The van der Waals surface area contributed by atoms with Gasteiger partial charge >= 0.3 is 11.9 Å². The summed E-state index contributed by atoms with van der Waals surface area (Å²) in [6, 6.07) is 3.73. The van der Waals surface area contributed by atoms with Gasteiger partial charge in [-0.25, -0.2) is 9.59 Å². The number of ether oxygens (including phenoxy) is 2. The highest BCUT2D eigenvalue weighted by Crippen LogP contribution is 2.21. The van der Waals surface area contributed by atoms with E-state index in [1.165, 1.54) is 11.3 Å². The molecule has 2 heterocycles. The van der Waals surface area contributed by atoms with Gasteiger partial charge in [-0.3, -0.25) is 0 Å². The molecule has 2 rings (SSSR count). The van der Waals surface area contributed by atoms with E-state index >= 15 is 0 Å². The molecule has 0 aliphatic heterocycles. The predicted molar refractivity (Wildman–Crippen MR) is 73.2 cm³/mol. The van der Waals surface area contributed by atoms with Gasteiger partial charge < -0.3 is 14.0 Å². The normalized spacial score (nSPS) is 10.7. The zero-order valence-electron chi connectivity index (χ0n) is 11.1. The molecular weight excluding hydrogens is 296 g/mol. The first-order chi connectivity index (χ1) is 10.2. The summed E-state index contributed by atoms with van der Waals surface area (Å²) in [6.45, 7) is 1.75. The lowest BCUT2D eigenvalue weighted by Gasteiger charge is -1.97. The molecule has 7 nitrogen and oxygen atoms in total. The van der Waals surface area contributed by atoms with E-state index in [4.69, 9.17) is 9.26 Å². The summed E-state index contributed by atoms with van der Waals surface area (Å²) in [5.74, 6) is -0.680. The van der Waals surface area contributed by atoms with E-state index in [0.29, 0.717) is 5.82 Å². The predicted octanol–water partition coefficient (Wildman–Crippen LogP) is 1.96. The van der Waals surface area contributed by atoms with E-state index in [2.05, 4.69) is 14.9 Å². The molecule has 0 atom stereocenters. The van der Waals surface area contributed by atoms with Crippen LogP contribution in [0.2, 0.25) is 0 Å². The Bertz CT molecular complexity index is 633. The van der Waals surface area contributed by atoms with Crippen molar-refractivity contribution in [2.24, 2.45) is 0 Å². The minimum Gasteiger partial charge on any atom is -0.463 e. The van der Waals surface area contributed by atoms with Crippen molar-refractivity contribution >= 4 is 23.3 Å². The lowest BCUT2D eigenvalue weighted by Crippen LogP contribution is -2.04. The Hall–Kier alpha value is -2.48. The zero-order chi connectivity index (χ0) is 15.1. The summed E-state index contributed by atoms with van der Waals surface area (Å²) in [4.78, 5) is 27.3. The number of rotatable bonds is 6. The molecule has 0 N–H and O–H groups in total. The molecule has 0 spiro atoms. The Labute approximate surface area is 124 Å². The molecule has 0 aliphatic rings. The van der Waals surface area contributed by atoms with Crippen LogP contribution in [0.4, 0.5) is 0 Å². The van der Waals surface area contributed by atoms with E-state index in [-0.39, 0.29) is 19.1 Å². The van der Waals surface area contributed by atoms with Crippen LogP contribution in [0.3, 0.4) is 0 Å². The average Bonchev–Trinajstić information content (AvgIpc) is 3.13. The van der Waals surface area contributed by atoms with Gasteiger partial charge in [-0.15, -0.1) is 11.3 Å². The molecule has 0 saturated heterocycles. The smallest absolute Gasteiger partial charge is 0.331 e. The van der Waals surface area contributed by atoms with Crippen LogP contribution in [-0.2, 0) is 25.7 Å². The fourth-order valence-corrected chi connectivity index (χ4v) is 1.98. The van der Waals surface area contributed by atoms with Gasteiger partial charge in [0.15, 0.2) is 6.61 Å². The van der Waals surface area contributed by atoms with Crippen LogP contribution in [0, 0.1) is 0 Å². The third-order valence-corrected chi connectivity index (χ3v) is 3.06. The molecule has 0 fully saturated rings. The zero-order valence-corrected chi connectivity index (χ0v) is 12.0. The molecule has 0 radical (unpaired) electrons. The second kappa shape index (κ2) is 7.34. The maximum atomic E-state index is 11.4. The molecule has 110 valence electrons. The largest absolute Gasteiger partial charge is 0.463 e. The lowest BCUT2D eigenvalue weighted by atomic mass is 10.4. The first-order valence-corrected chi connectivity index (χ1v) is 6.95. The highest BCUT2D eigenvalue weighted by molar-refractivity contribution is 7.13. The molecule has 0 bridgehead atoms. The average molecular weight is 308 g/mol. The Kier molecular flexibility index (Phi) is 5.22. The fraction of sp³-hybridized carbons (Fsp3) is 0.231. The SMILES string of the molecule is CCOC(=O)/C=C/C(=O)OCc1nc(-c2cccs2)no1. The third-order valence-electron chi connectivity index (χ3n) is 2.19. The molecular formula is C13H12N2O5S. The van der Waals surface area contributed by atoms with Gasteiger partial charge in [-0.05, 0) is 18.4 Å². The summed E-state index contributed by atoms with van der Waals surface area (Å²) >= 11 is 1.47. The first kappa shape index (κ1) is 14.9. The minimum absolute atomic E-state index is 0.162. The van der Waals surface area contributed by atoms with E-state index < -0.39 is 11.9 Å². The molecule has 0 unspecified atom stereocenters. The van der Waals surface area contributed by atoms with Gasteiger partial charge in [0.2, 0.25) is 5.82 Å².